The Morgan fingerprint density at radius 2 is 1.79 bits per heavy atom. The minimum absolute atomic E-state index is 0.0808. The molecule has 0 amide bonds. The van der Waals surface area contributed by atoms with Crippen LogP contribution in [0, 0.1) is 10.1 Å². The number of aromatic hydroxyl groups is 1. The Kier molecular flexibility index (Phi) is 4.16. The molecular formula is C14H12BrNO3. The van der Waals surface area contributed by atoms with Crippen molar-refractivity contribution in [3.8, 4) is 5.75 Å². The molecule has 2 aromatic rings. The van der Waals surface area contributed by atoms with E-state index in [4.69, 9.17) is 0 Å². The average Bonchev–Trinajstić information content (AvgIpc) is 2.38. The predicted molar refractivity (Wildman–Crippen MR) is 76.0 cm³/mol. The van der Waals surface area contributed by atoms with Crippen molar-refractivity contribution in [3.63, 3.8) is 0 Å². The van der Waals surface area contributed by atoms with Crippen molar-refractivity contribution in [2.75, 3.05) is 6.54 Å². The molecule has 1 atom stereocenters. The number of benzene rings is 2. The molecule has 0 saturated heterocycles. The molecule has 0 bridgehead atoms. The Balaban J connectivity index is 2.44. The highest BCUT2D eigenvalue weighted by Gasteiger charge is 2.22. The van der Waals surface area contributed by atoms with Gasteiger partial charge in [-0.1, -0.05) is 46.3 Å². The molecule has 5 heteroatoms. The van der Waals surface area contributed by atoms with Crippen LogP contribution in [0.25, 0.3) is 0 Å². The third-order valence-corrected chi connectivity index (χ3v) is 3.44. The molecule has 0 heterocycles. The van der Waals surface area contributed by atoms with Gasteiger partial charge in [-0.2, -0.15) is 0 Å². The van der Waals surface area contributed by atoms with E-state index in [1.165, 1.54) is 0 Å². The van der Waals surface area contributed by atoms with E-state index in [0.717, 1.165) is 10.0 Å². The minimum atomic E-state index is -0.454. The Hall–Kier alpha value is -1.88. The first-order chi connectivity index (χ1) is 9.08. The highest BCUT2D eigenvalue weighted by Crippen LogP contribution is 2.31. The van der Waals surface area contributed by atoms with Crippen molar-refractivity contribution >= 4 is 15.9 Å². The second-order valence-corrected chi connectivity index (χ2v) is 5.09. The molecule has 0 aliphatic carbocycles. The summed E-state index contributed by atoms with van der Waals surface area (Å²) in [6.45, 7) is -0.251. The summed E-state index contributed by atoms with van der Waals surface area (Å²) in [5.74, 6) is -0.374. The SMILES string of the molecule is O=[N+]([O-])CC(c1ccc(Br)cc1)c1ccccc1O. The number of nitrogens with zero attached hydrogens (tertiary/aromatic N) is 1. The van der Waals surface area contributed by atoms with E-state index in [2.05, 4.69) is 15.9 Å². The van der Waals surface area contributed by atoms with Crippen molar-refractivity contribution in [1.82, 2.24) is 0 Å². The van der Waals surface area contributed by atoms with Crippen molar-refractivity contribution in [1.29, 1.82) is 0 Å². The van der Waals surface area contributed by atoms with Gasteiger partial charge in [0, 0.05) is 15.0 Å². The van der Waals surface area contributed by atoms with Gasteiger partial charge in [0.25, 0.3) is 0 Å². The number of rotatable bonds is 4. The maximum absolute atomic E-state index is 10.8. The van der Waals surface area contributed by atoms with Crippen molar-refractivity contribution in [2.24, 2.45) is 0 Å². The van der Waals surface area contributed by atoms with Gasteiger partial charge in [0.05, 0.1) is 5.92 Å². The normalized spacial score (nSPS) is 12.1. The van der Waals surface area contributed by atoms with Gasteiger partial charge in [0.1, 0.15) is 5.75 Å². The van der Waals surface area contributed by atoms with Gasteiger partial charge >= 0.3 is 0 Å². The van der Waals surface area contributed by atoms with E-state index in [1.807, 2.05) is 24.3 Å². The summed E-state index contributed by atoms with van der Waals surface area (Å²) in [4.78, 5) is 10.5. The first kappa shape index (κ1) is 13.5. The summed E-state index contributed by atoms with van der Waals surface area (Å²) in [5.41, 5.74) is 1.38. The van der Waals surface area contributed by atoms with E-state index >= 15 is 0 Å². The monoisotopic (exact) mass is 321 g/mol. The molecule has 0 aromatic heterocycles. The standard InChI is InChI=1S/C14H12BrNO3/c15-11-7-5-10(6-8-11)13(9-16(18)19)12-3-1-2-4-14(12)17/h1-8,13,17H,9H2. The molecule has 0 radical (unpaired) electrons. The highest BCUT2D eigenvalue weighted by atomic mass is 79.9. The van der Waals surface area contributed by atoms with E-state index in [-0.39, 0.29) is 17.2 Å². The van der Waals surface area contributed by atoms with Crippen molar-refractivity contribution in [2.45, 2.75) is 5.92 Å². The van der Waals surface area contributed by atoms with Gasteiger partial charge in [0.2, 0.25) is 6.54 Å². The van der Waals surface area contributed by atoms with Crippen LogP contribution >= 0.6 is 15.9 Å². The number of nitro groups is 1. The van der Waals surface area contributed by atoms with Crippen molar-refractivity contribution in [3.05, 3.63) is 74.2 Å². The van der Waals surface area contributed by atoms with Gasteiger partial charge in [-0.3, -0.25) is 10.1 Å². The minimum Gasteiger partial charge on any atom is -0.508 e. The lowest BCUT2D eigenvalue weighted by Crippen LogP contribution is -2.14. The number of hydrogen-bond donors (Lipinski definition) is 1. The smallest absolute Gasteiger partial charge is 0.214 e. The lowest BCUT2D eigenvalue weighted by atomic mass is 9.91. The van der Waals surface area contributed by atoms with E-state index in [9.17, 15) is 15.2 Å². The summed E-state index contributed by atoms with van der Waals surface area (Å²) in [7, 11) is 0. The Morgan fingerprint density at radius 3 is 2.37 bits per heavy atom. The third-order valence-electron chi connectivity index (χ3n) is 2.92. The molecule has 0 aliphatic rings. The van der Waals surface area contributed by atoms with Gasteiger partial charge in [-0.05, 0) is 23.8 Å². The number of para-hydroxylation sites is 1. The predicted octanol–water partition coefficient (Wildman–Crippen LogP) is 3.56. The fourth-order valence-electron chi connectivity index (χ4n) is 2.01. The highest BCUT2D eigenvalue weighted by molar-refractivity contribution is 9.10. The topological polar surface area (TPSA) is 63.4 Å². The molecule has 0 spiro atoms. The molecule has 19 heavy (non-hydrogen) atoms. The first-order valence-electron chi connectivity index (χ1n) is 5.73. The Bertz CT molecular complexity index is 583. The largest absolute Gasteiger partial charge is 0.508 e. The summed E-state index contributed by atoms with van der Waals surface area (Å²) in [5, 5.41) is 20.7. The first-order valence-corrected chi connectivity index (χ1v) is 6.52. The molecule has 2 rings (SSSR count). The second kappa shape index (κ2) is 5.84. The Labute approximate surface area is 119 Å². The lowest BCUT2D eigenvalue weighted by Gasteiger charge is -2.15. The fraction of sp³-hybridized carbons (Fsp3) is 0.143. The lowest BCUT2D eigenvalue weighted by molar-refractivity contribution is -0.481. The van der Waals surface area contributed by atoms with Crippen LogP contribution in [-0.4, -0.2) is 16.6 Å². The second-order valence-electron chi connectivity index (χ2n) is 4.18. The summed E-state index contributed by atoms with van der Waals surface area (Å²) in [6.07, 6.45) is 0. The van der Waals surface area contributed by atoms with E-state index < -0.39 is 5.92 Å². The molecule has 1 unspecified atom stereocenters. The summed E-state index contributed by atoms with van der Waals surface area (Å²) < 4.78 is 0.911. The fourth-order valence-corrected chi connectivity index (χ4v) is 2.27. The van der Waals surface area contributed by atoms with Crippen LogP contribution in [0.2, 0.25) is 0 Å². The molecule has 98 valence electrons. The molecule has 0 fully saturated rings. The molecular weight excluding hydrogens is 310 g/mol. The molecule has 4 nitrogen and oxygen atoms in total. The van der Waals surface area contributed by atoms with Gasteiger partial charge < -0.3 is 5.11 Å². The van der Waals surface area contributed by atoms with Crippen LogP contribution < -0.4 is 0 Å². The summed E-state index contributed by atoms with van der Waals surface area (Å²) in [6, 6.07) is 14.0. The molecule has 0 saturated carbocycles. The maximum atomic E-state index is 10.8. The third kappa shape index (κ3) is 3.32. The molecule has 1 N–H and O–H groups in total. The van der Waals surface area contributed by atoms with Crippen LogP contribution in [-0.2, 0) is 0 Å². The average molecular weight is 322 g/mol. The van der Waals surface area contributed by atoms with Gasteiger partial charge in [-0.15, -0.1) is 0 Å². The van der Waals surface area contributed by atoms with Crippen LogP contribution in [0.4, 0.5) is 0 Å². The van der Waals surface area contributed by atoms with E-state index in [1.54, 1.807) is 24.3 Å². The molecule has 2 aromatic carbocycles. The van der Waals surface area contributed by atoms with Gasteiger partial charge in [0.15, 0.2) is 0 Å². The zero-order chi connectivity index (χ0) is 13.8. The van der Waals surface area contributed by atoms with Crippen LogP contribution in [0.15, 0.2) is 53.0 Å². The van der Waals surface area contributed by atoms with Crippen LogP contribution in [0.3, 0.4) is 0 Å². The van der Waals surface area contributed by atoms with Gasteiger partial charge in [-0.25, -0.2) is 0 Å². The maximum Gasteiger partial charge on any atom is 0.214 e. The number of phenolic OH excluding ortho intramolecular Hbond substituents is 1. The quantitative estimate of drug-likeness (QED) is 0.691. The van der Waals surface area contributed by atoms with Crippen molar-refractivity contribution < 1.29 is 10.0 Å². The summed E-state index contributed by atoms with van der Waals surface area (Å²) >= 11 is 3.33. The number of phenols is 1. The van der Waals surface area contributed by atoms with Crippen LogP contribution in [0.5, 0.6) is 5.75 Å². The zero-order valence-corrected chi connectivity index (χ0v) is 11.6. The van der Waals surface area contributed by atoms with Crippen LogP contribution in [0.1, 0.15) is 17.0 Å². The van der Waals surface area contributed by atoms with E-state index in [0.29, 0.717) is 5.56 Å². The Morgan fingerprint density at radius 1 is 1.16 bits per heavy atom. The molecule has 0 aliphatic heterocycles. The number of hydrogen-bond acceptors (Lipinski definition) is 3. The zero-order valence-electron chi connectivity index (χ0n) is 9.99. The number of halogens is 1.